The van der Waals surface area contributed by atoms with Crippen LogP contribution in [-0.4, -0.2) is 61.7 Å². The zero-order valence-electron chi connectivity index (χ0n) is 15.4. The average Bonchev–Trinajstić information content (AvgIpc) is 2.95. The summed E-state index contributed by atoms with van der Waals surface area (Å²) >= 11 is 0. The molecule has 1 fully saturated rings. The Hall–Kier alpha value is -2.19. The van der Waals surface area contributed by atoms with Crippen LogP contribution in [0.25, 0.3) is 0 Å². The normalized spacial score (nSPS) is 17.4. The number of rotatable bonds is 8. The van der Waals surface area contributed by atoms with E-state index >= 15 is 0 Å². The fourth-order valence-electron chi connectivity index (χ4n) is 2.56. The Balaban J connectivity index is 1.94. The predicted octanol–water partition coefficient (Wildman–Crippen LogP) is 2.25. The molecule has 142 valence electrons. The highest BCUT2D eigenvalue weighted by Gasteiger charge is 2.39. The van der Waals surface area contributed by atoms with Crippen LogP contribution in [-0.2, 0) is 14.3 Å². The lowest BCUT2D eigenvalue weighted by molar-refractivity contribution is -0.141. The van der Waals surface area contributed by atoms with Crippen LogP contribution in [0, 0.1) is 0 Å². The molecule has 1 N–H and O–H groups in total. The highest BCUT2D eigenvalue weighted by atomic mass is 28.3. The van der Waals surface area contributed by atoms with E-state index < -0.39 is 26.0 Å². The highest BCUT2D eigenvalue weighted by Crippen LogP contribution is 2.21. The smallest absolute Gasteiger partial charge is 0.326 e. The van der Waals surface area contributed by atoms with Gasteiger partial charge < -0.3 is 19.5 Å². The highest BCUT2D eigenvalue weighted by molar-refractivity contribution is 6.76. The molecule has 0 aliphatic carbocycles. The molecule has 1 saturated heterocycles. The number of hydrogen-bond donors (Lipinski definition) is 1. The number of carbonyl (C=O) groups excluding carboxylic acids is 2. The second-order valence-electron chi connectivity index (χ2n) is 7.54. The van der Waals surface area contributed by atoms with Crippen LogP contribution in [0.15, 0.2) is 24.3 Å². The number of hydrogen-bond acceptors (Lipinski definition) is 5. The number of nitrogens with zero attached hydrogens (tertiary/aromatic N) is 1. The number of carboxylic acid groups (broad SMARTS) is 1. The molecule has 0 radical (unpaired) electrons. The first-order chi connectivity index (χ1) is 12.2. The van der Waals surface area contributed by atoms with Crippen molar-refractivity contribution < 1.29 is 29.0 Å². The van der Waals surface area contributed by atoms with Crippen molar-refractivity contribution in [1.29, 1.82) is 0 Å². The van der Waals surface area contributed by atoms with Gasteiger partial charge in [-0.05, 0) is 24.2 Å². The maximum absolute atomic E-state index is 12.6. The van der Waals surface area contributed by atoms with Gasteiger partial charge in [-0.25, -0.2) is 4.79 Å². The van der Waals surface area contributed by atoms with Gasteiger partial charge in [-0.15, -0.1) is 0 Å². The molecule has 0 aromatic heterocycles. The van der Waals surface area contributed by atoms with E-state index in [1.807, 2.05) is 0 Å². The molecule has 1 amide bonds. The number of Topliss-reactive ketones (excluding diaryl/α,β-unsaturated/α-hetero) is 1. The third kappa shape index (κ3) is 5.67. The van der Waals surface area contributed by atoms with Crippen molar-refractivity contribution in [2.45, 2.75) is 38.1 Å². The van der Waals surface area contributed by atoms with Gasteiger partial charge in [0, 0.05) is 26.7 Å². The molecule has 1 aliphatic heterocycles. The van der Waals surface area contributed by atoms with Crippen LogP contribution in [0.2, 0.25) is 25.7 Å². The number of aliphatic carboxylic acids is 1. The van der Waals surface area contributed by atoms with Gasteiger partial charge in [-0.2, -0.15) is 0 Å². The predicted molar refractivity (Wildman–Crippen MR) is 98.1 cm³/mol. The fourth-order valence-corrected chi connectivity index (χ4v) is 3.31. The van der Waals surface area contributed by atoms with Gasteiger partial charge >= 0.3 is 5.97 Å². The second-order valence-corrected chi connectivity index (χ2v) is 13.2. The van der Waals surface area contributed by atoms with Crippen molar-refractivity contribution in [3.8, 4) is 5.75 Å². The molecule has 1 aliphatic rings. The fraction of sp³-hybridized carbons (Fsp3) is 0.500. The SMILES string of the molecule is C[Si](C)(C)CCOCOc1cccc(C(=O)N2CC(=O)CC2C(=O)O)c1. The van der Waals surface area contributed by atoms with E-state index in [0.29, 0.717) is 12.4 Å². The van der Waals surface area contributed by atoms with E-state index in [0.717, 1.165) is 10.9 Å². The lowest BCUT2D eigenvalue weighted by atomic mass is 10.1. The van der Waals surface area contributed by atoms with Crippen molar-refractivity contribution in [1.82, 2.24) is 4.90 Å². The monoisotopic (exact) mass is 379 g/mol. The van der Waals surface area contributed by atoms with Crippen LogP contribution in [0.3, 0.4) is 0 Å². The maximum Gasteiger partial charge on any atom is 0.326 e. The lowest BCUT2D eigenvalue weighted by Crippen LogP contribution is -2.40. The van der Waals surface area contributed by atoms with E-state index in [2.05, 4.69) is 19.6 Å². The van der Waals surface area contributed by atoms with Crippen LogP contribution in [0.1, 0.15) is 16.8 Å². The van der Waals surface area contributed by atoms with Gasteiger partial charge in [0.25, 0.3) is 5.91 Å². The second kappa shape index (κ2) is 8.46. The van der Waals surface area contributed by atoms with Crippen molar-refractivity contribution >= 4 is 25.7 Å². The summed E-state index contributed by atoms with van der Waals surface area (Å²) in [4.78, 5) is 36.5. The molecule has 1 aromatic carbocycles. The first kappa shape index (κ1) is 20.1. The Bertz CT molecular complexity index is 685. The zero-order valence-corrected chi connectivity index (χ0v) is 16.4. The molecule has 1 heterocycles. The van der Waals surface area contributed by atoms with Crippen molar-refractivity contribution in [2.75, 3.05) is 19.9 Å². The Labute approximate surface area is 153 Å². The molecule has 1 aromatic rings. The molecule has 2 rings (SSSR count). The Kier molecular flexibility index (Phi) is 6.55. The summed E-state index contributed by atoms with van der Waals surface area (Å²) < 4.78 is 11.0. The van der Waals surface area contributed by atoms with Crippen LogP contribution >= 0.6 is 0 Å². The summed E-state index contributed by atoms with van der Waals surface area (Å²) in [6.07, 6.45) is -0.151. The summed E-state index contributed by atoms with van der Waals surface area (Å²) in [6.45, 7) is 7.33. The first-order valence-corrected chi connectivity index (χ1v) is 12.2. The van der Waals surface area contributed by atoms with E-state index in [9.17, 15) is 19.5 Å². The van der Waals surface area contributed by atoms with E-state index in [4.69, 9.17) is 9.47 Å². The van der Waals surface area contributed by atoms with Crippen molar-refractivity contribution in [3.63, 3.8) is 0 Å². The third-order valence-corrected chi connectivity index (χ3v) is 5.78. The number of benzene rings is 1. The number of ether oxygens (including phenoxy) is 2. The van der Waals surface area contributed by atoms with E-state index in [1.165, 1.54) is 6.07 Å². The van der Waals surface area contributed by atoms with Gasteiger partial charge in [0.2, 0.25) is 0 Å². The van der Waals surface area contributed by atoms with E-state index in [-0.39, 0.29) is 31.1 Å². The van der Waals surface area contributed by atoms with Gasteiger partial charge in [0.1, 0.15) is 11.8 Å². The number of carboxylic acids is 1. The minimum Gasteiger partial charge on any atom is -0.480 e. The quantitative estimate of drug-likeness (QED) is 0.423. The van der Waals surface area contributed by atoms with Crippen molar-refractivity contribution in [3.05, 3.63) is 29.8 Å². The summed E-state index contributed by atoms with van der Waals surface area (Å²) in [6, 6.07) is 6.38. The van der Waals surface area contributed by atoms with Crippen LogP contribution in [0.4, 0.5) is 0 Å². The molecular weight excluding hydrogens is 354 g/mol. The third-order valence-electron chi connectivity index (χ3n) is 4.08. The molecule has 7 nitrogen and oxygen atoms in total. The molecule has 0 bridgehead atoms. The molecule has 1 unspecified atom stereocenters. The van der Waals surface area contributed by atoms with Gasteiger partial charge in [0.15, 0.2) is 12.6 Å². The molecule has 0 saturated carbocycles. The van der Waals surface area contributed by atoms with Gasteiger partial charge in [0.05, 0.1) is 6.54 Å². The lowest BCUT2D eigenvalue weighted by Gasteiger charge is -2.20. The zero-order chi connectivity index (χ0) is 19.3. The Morgan fingerprint density at radius 3 is 2.69 bits per heavy atom. The summed E-state index contributed by atoms with van der Waals surface area (Å²) in [5.41, 5.74) is 0.283. The number of amides is 1. The minimum atomic E-state index is -1.17. The van der Waals surface area contributed by atoms with Gasteiger partial charge in [-0.3, -0.25) is 9.59 Å². The topological polar surface area (TPSA) is 93.1 Å². The summed E-state index contributed by atoms with van der Waals surface area (Å²) in [5, 5.41) is 9.19. The van der Waals surface area contributed by atoms with Gasteiger partial charge in [-0.1, -0.05) is 25.7 Å². The molecular formula is C18H25NO6Si. The molecule has 0 spiro atoms. The molecule has 8 heteroatoms. The number of likely N-dealkylation sites (tertiary alicyclic amines) is 1. The largest absolute Gasteiger partial charge is 0.480 e. The number of carbonyl (C=O) groups is 3. The Morgan fingerprint density at radius 2 is 2.04 bits per heavy atom. The Morgan fingerprint density at radius 1 is 1.31 bits per heavy atom. The molecule has 1 atom stereocenters. The van der Waals surface area contributed by atoms with Crippen molar-refractivity contribution in [2.24, 2.45) is 0 Å². The summed E-state index contributed by atoms with van der Waals surface area (Å²) in [5.74, 6) is -1.46. The van der Waals surface area contributed by atoms with Crippen LogP contribution in [0.5, 0.6) is 5.75 Å². The summed E-state index contributed by atoms with van der Waals surface area (Å²) in [7, 11) is -1.15. The number of ketones is 1. The van der Waals surface area contributed by atoms with E-state index in [1.54, 1.807) is 18.2 Å². The molecule has 26 heavy (non-hydrogen) atoms. The minimum absolute atomic E-state index is 0.0854. The van der Waals surface area contributed by atoms with Crippen LogP contribution < -0.4 is 4.74 Å². The average molecular weight is 379 g/mol. The standard InChI is InChI=1S/C18H25NO6Si/c1-26(2,3)8-7-24-12-25-15-6-4-5-13(9-15)17(21)19-11-14(20)10-16(19)18(22)23/h4-6,9,16H,7-8,10-12H2,1-3H3,(H,22,23). The first-order valence-electron chi connectivity index (χ1n) is 8.53. The maximum atomic E-state index is 12.6.